The van der Waals surface area contributed by atoms with Crippen LogP contribution in [0.25, 0.3) is 0 Å². The van der Waals surface area contributed by atoms with Crippen molar-refractivity contribution in [1.82, 2.24) is 0 Å². The van der Waals surface area contributed by atoms with E-state index in [4.69, 9.17) is 14.2 Å². The quantitative estimate of drug-likeness (QED) is 0.261. The third-order valence-electron chi connectivity index (χ3n) is 1.90. The molecule has 0 atom stereocenters. The Bertz CT molecular complexity index is 272. The van der Waals surface area contributed by atoms with Crippen molar-refractivity contribution >= 4 is 18.2 Å². The van der Waals surface area contributed by atoms with Crippen molar-refractivity contribution in [2.75, 3.05) is 26.4 Å². The van der Waals surface area contributed by atoms with Gasteiger partial charge in [0.25, 0.3) is 0 Å². The van der Waals surface area contributed by atoms with Gasteiger partial charge in [-0.1, -0.05) is 0 Å². The number of hydrogen-bond acceptors (Lipinski definition) is 7. The van der Waals surface area contributed by atoms with Crippen LogP contribution >= 0.6 is 0 Å². The van der Waals surface area contributed by atoms with Gasteiger partial charge in [0.2, 0.25) is 0 Å². The van der Waals surface area contributed by atoms with E-state index in [0.717, 1.165) is 0 Å². The van der Waals surface area contributed by atoms with E-state index in [1.807, 2.05) is 13.8 Å². The number of rotatable bonds is 10. The summed E-state index contributed by atoms with van der Waals surface area (Å²) in [7, 11) is 0. The van der Waals surface area contributed by atoms with Crippen LogP contribution in [0.4, 0.5) is 0 Å². The van der Waals surface area contributed by atoms with Crippen LogP contribution in [0.15, 0.2) is 0 Å². The van der Waals surface area contributed by atoms with Crippen LogP contribution in [-0.2, 0) is 33.3 Å². The van der Waals surface area contributed by atoms with Crippen LogP contribution in [0.5, 0.6) is 0 Å². The number of carbonyl (C=O) groups excluding carboxylic acids is 3. The fourth-order valence-corrected chi connectivity index (χ4v) is 1.18. The Balaban J connectivity index is 0. The zero-order valence-corrected chi connectivity index (χ0v) is 13.3. The molecular weight excluding hydrogens is 280 g/mol. The molecule has 0 saturated heterocycles. The highest BCUT2D eigenvalue weighted by Crippen LogP contribution is 2.02. The first-order valence-corrected chi connectivity index (χ1v) is 7.03. The minimum absolute atomic E-state index is 0.131. The highest BCUT2D eigenvalue weighted by molar-refractivity contribution is 5.83. The van der Waals surface area contributed by atoms with E-state index in [0.29, 0.717) is 32.7 Å². The van der Waals surface area contributed by atoms with E-state index >= 15 is 0 Å². The Labute approximate surface area is 125 Å². The lowest BCUT2D eigenvalue weighted by Crippen LogP contribution is -2.22. The highest BCUT2D eigenvalue weighted by atomic mass is 16.7. The van der Waals surface area contributed by atoms with Crippen molar-refractivity contribution in [2.24, 2.45) is 0 Å². The molecule has 0 heterocycles. The molecule has 0 aliphatic carbocycles. The number of esters is 2. The first-order valence-electron chi connectivity index (χ1n) is 7.03. The molecule has 0 radical (unpaired) electrons. The average molecular weight is 306 g/mol. The molecular formula is C14H26O7. The van der Waals surface area contributed by atoms with Gasteiger partial charge in [-0.05, 0) is 27.7 Å². The molecule has 0 unspecified atom stereocenters. The summed E-state index contributed by atoms with van der Waals surface area (Å²) in [5.74, 6) is -0.739. The molecule has 0 aliphatic rings. The maximum atomic E-state index is 11.0. The zero-order chi connectivity index (χ0) is 16.5. The Morgan fingerprint density at radius 2 is 1.33 bits per heavy atom. The summed E-state index contributed by atoms with van der Waals surface area (Å²) < 4.78 is 19.5. The highest BCUT2D eigenvalue weighted by Gasteiger charge is 2.14. The van der Waals surface area contributed by atoms with Gasteiger partial charge in [0.15, 0.2) is 6.29 Å². The maximum absolute atomic E-state index is 11.0. The Morgan fingerprint density at radius 3 is 1.71 bits per heavy atom. The molecule has 0 saturated carbocycles. The molecule has 7 nitrogen and oxygen atoms in total. The molecule has 7 heteroatoms. The van der Waals surface area contributed by atoms with Crippen LogP contribution in [-0.4, -0.2) is 50.9 Å². The van der Waals surface area contributed by atoms with Crippen LogP contribution in [0.2, 0.25) is 0 Å². The van der Waals surface area contributed by atoms with E-state index in [2.05, 4.69) is 4.74 Å². The molecule has 0 N–H and O–H groups in total. The van der Waals surface area contributed by atoms with Gasteiger partial charge >= 0.3 is 11.9 Å². The summed E-state index contributed by atoms with van der Waals surface area (Å²) in [6.07, 6.45) is 0.0931. The molecule has 0 aromatic heterocycles. The second-order valence-corrected chi connectivity index (χ2v) is 3.53. The molecule has 0 aliphatic heterocycles. The van der Waals surface area contributed by atoms with Gasteiger partial charge in [0.05, 0.1) is 19.6 Å². The minimum atomic E-state index is -0.464. The van der Waals surface area contributed by atoms with Crippen LogP contribution in [0, 0.1) is 0 Å². The van der Waals surface area contributed by atoms with Crippen molar-refractivity contribution in [3.05, 3.63) is 0 Å². The van der Waals surface area contributed by atoms with E-state index in [9.17, 15) is 14.4 Å². The van der Waals surface area contributed by atoms with E-state index in [-0.39, 0.29) is 18.8 Å². The number of hydrogen-bond donors (Lipinski definition) is 0. The zero-order valence-electron chi connectivity index (χ0n) is 13.3. The largest absolute Gasteiger partial charge is 0.466 e. The molecule has 0 spiro atoms. The fourth-order valence-electron chi connectivity index (χ4n) is 1.18. The Kier molecular flexibility index (Phi) is 17.2. The summed E-state index contributed by atoms with van der Waals surface area (Å²) in [4.78, 5) is 30.8. The molecule has 0 amide bonds. The average Bonchev–Trinajstić information content (AvgIpc) is 2.41. The second kappa shape index (κ2) is 16.6. The molecule has 124 valence electrons. The second-order valence-electron chi connectivity index (χ2n) is 3.53. The molecule has 0 aromatic carbocycles. The van der Waals surface area contributed by atoms with Crippen molar-refractivity contribution in [3.63, 3.8) is 0 Å². The lowest BCUT2D eigenvalue weighted by molar-refractivity contribution is -0.168. The van der Waals surface area contributed by atoms with Crippen molar-refractivity contribution in [2.45, 2.75) is 46.8 Å². The fraction of sp³-hybridized carbons (Fsp3) is 0.786. The maximum Gasteiger partial charge on any atom is 0.312 e. The monoisotopic (exact) mass is 306 g/mol. The van der Waals surface area contributed by atoms with Crippen molar-refractivity contribution < 1.29 is 33.3 Å². The first kappa shape index (κ1) is 21.8. The topological polar surface area (TPSA) is 88.1 Å². The predicted molar refractivity (Wildman–Crippen MR) is 75.6 cm³/mol. The lowest BCUT2D eigenvalue weighted by Gasteiger charge is -2.15. The van der Waals surface area contributed by atoms with Crippen LogP contribution in [0.3, 0.4) is 0 Å². The van der Waals surface area contributed by atoms with Gasteiger partial charge in [-0.3, -0.25) is 9.59 Å². The number of aldehydes is 1. The van der Waals surface area contributed by atoms with E-state index in [1.165, 1.54) is 0 Å². The van der Waals surface area contributed by atoms with Crippen LogP contribution in [0.1, 0.15) is 40.5 Å². The summed E-state index contributed by atoms with van der Waals surface area (Å²) >= 11 is 0. The van der Waals surface area contributed by atoms with E-state index < -0.39 is 12.3 Å². The smallest absolute Gasteiger partial charge is 0.312 e. The number of carbonyl (C=O) groups is 3. The van der Waals surface area contributed by atoms with Gasteiger partial charge in [-0.25, -0.2) is 0 Å². The minimum Gasteiger partial charge on any atom is -0.466 e. The third kappa shape index (κ3) is 16.5. The third-order valence-corrected chi connectivity index (χ3v) is 1.90. The SMILES string of the molecule is CCOC(=O)CC(OCC)OCC.CCOC(=O)CC=O. The predicted octanol–water partition coefficient (Wildman–Crippen LogP) is 1.48. The summed E-state index contributed by atoms with van der Waals surface area (Å²) in [6, 6.07) is 0. The molecule has 0 bridgehead atoms. The molecule has 0 rings (SSSR count). The lowest BCUT2D eigenvalue weighted by atomic mass is 10.4. The number of ether oxygens (including phenoxy) is 4. The first-order chi connectivity index (χ1) is 10.0. The summed E-state index contributed by atoms with van der Waals surface area (Å²) in [5, 5.41) is 0. The van der Waals surface area contributed by atoms with Crippen LogP contribution < -0.4 is 0 Å². The Hall–Kier alpha value is -1.47. The van der Waals surface area contributed by atoms with Gasteiger partial charge in [0, 0.05) is 13.2 Å². The molecule has 0 fully saturated rings. The van der Waals surface area contributed by atoms with Crippen molar-refractivity contribution in [3.8, 4) is 0 Å². The van der Waals surface area contributed by atoms with Gasteiger partial charge in [-0.2, -0.15) is 0 Å². The van der Waals surface area contributed by atoms with E-state index in [1.54, 1.807) is 13.8 Å². The van der Waals surface area contributed by atoms with Gasteiger partial charge in [-0.15, -0.1) is 0 Å². The normalized spacial score (nSPS) is 9.57. The summed E-state index contributed by atoms with van der Waals surface area (Å²) in [6.45, 7) is 8.98. The standard InChI is InChI=1S/C9H18O4.C5H8O3/c1-4-11-8(10)7-9(12-5-2)13-6-3;1-2-8-5(7)3-4-6/h9H,4-7H2,1-3H3;4H,2-3H2,1H3. The summed E-state index contributed by atoms with van der Waals surface area (Å²) in [5.41, 5.74) is 0. The van der Waals surface area contributed by atoms with Gasteiger partial charge in [0.1, 0.15) is 12.7 Å². The molecule has 21 heavy (non-hydrogen) atoms. The molecule has 0 aromatic rings. The van der Waals surface area contributed by atoms with Crippen molar-refractivity contribution in [1.29, 1.82) is 0 Å². The Morgan fingerprint density at radius 1 is 0.857 bits per heavy atom. The van der Waals surface area contributed by atoms with Gasteiger partial charge < -0.3 is 23.7 Å².